The number of nitrogens with zero attached hydrogens (tertiary/aromatic N) is 2. The van der Waals surface area contributed by atoms with Gasteiger partial charge >= 0.3 is 0 Å². The fourth-order valence-corrected chi connectivity index (χ4v) is 5.15. The van der Waals surface area contributed by atoms with E-state index >= 15 is 0 Å². The zero-order valence-electron chi connectivity index (χ0n) is 14.6. The van der Waals surface area contributed by atoms with E-state index in [1.807, 2.05) is 0 Å². The molecule has 0 aliphatic carbocycles. The summed E-state index contributed by atoms with van der Waals surface area (Å²) in [5.41, 5.74) is 0. The molecule has 0 amide bonds. The average molecular weight is 351 g/mol. The first-order chi connectivity index (χ1) is 11.9. The Morgan fingerprint density at radius 1 is 1.00 bits per heavy atom. The lowest BCUT2D eigenvalue weighted by molar-refractivity contribution is 0.000657. The minimum Gasteiger partial charge on any atom is -0.462 e. The van der Waals surface area contributed by atoms with E-state index in [9.17, 15) is 0 Å². The Bertz CT molecular complexity index is 501. The van der Waals surface area contributed by atoms with Gasteiger partial charge in [0.25, 0.3) is 0 Å². The summed E-state index contributed by atoms with van der Waals surface area (Å²) in [4.78, 5) is 5.28. The topological polar surface area (TPSA) is 28.9 Å². The van der Waals surface area contributed by atoms with Crippen LogP contribution in [-0.4, -0.2) is 60.1 Å². The van der Waals surface area contributed by atoms with Crippen LogP contribution in [0.4, 0.5) is 0 Å². The predicted molar refractivity (Wildman–Crippen MR) is 98.4 cm³/mol. The molecule has 0 N–H and O–H groups in total. The molecule has 3 aliphatic heterocycles. The molecule has 4 heterocycles. The van der Waals surface area contributed by atoms with Crippen LogP contribution < -0.4 is 0 Å². The van der Waals surface area contributed by atoms with Gasteiger partial charge in [-0.2, -0.15) is 11.8 Å². The molecule has 4 nitrogen and oxygen atoms in total. The van der Waals surface area contributed by atoms with Crippen molar-refractivity contribution in [3.63, 3.8) is 0 Å². The Labute approximate surface area is 149 Å². The maximum atomic E-state index is 6.09. The summed E-state index contributed by atoms with van der Waals surface area (Å²) in [7, 11) is 0. The van der Waals surface area contributed by atoms with Crippen molar-refractivity contribution in [1.82, 2.24) is 9.80 Å². The van der Waals surface area contributed by atoms with Crippen LogP contribution in [0, 0.1) is 0 Å². The highest BCUT2D eigenvalue weighted by Crippen LogP contribution is 2.29. The molecule has 24 heavy (non-hydrogen) atoms. The zero-order chi connectivity index (χ0) is 16.2. The molecule has 3 fully saturated rings. The number of hydrogen-bond donors (Lipinski definition) is 0. The molecule has 1 atom stereocenters. The lowest BCUT2D eigenvalue weighted by Gasteiger charge is -2.39. The van der Waals surface area contributed by atoms with Crippen LogP contribution in [0.3, 0.4) is 0 Å². The second kappa shape index (κ2) is 8.26. The van der Waals surface area contributed by atoms with Gasteiger partial charge in [-0.25, -0.2) is 0 Å². The van der Waals surface area contributed by atoms with Crippen LogP contribution in [0.2, 0.25) is 0 Å². The van der Waals surface area contributed by atoms with E-state index in [4.69, 9.17) is 9.15 Å². The maximum Gasteiger partial charge on any atom is 0.133 e. The first-order valence-corrected chi connectivity index (χ1v) is 10.8. The molecule has 0 spiro atoms. The molecule has 0 aromatic carbocycles. The molecule has 0 radical (unpaired) electrons. The van der Waals surface area contributed by atoms with Crippen LogP contribution in [0.25, 0.3) is 0 Å². The highest BCUT2D eigenvalue weighted by Gasteiger charge is 2.26. The molecule has 1 aromatic rings. The van der Waals surface area contributed by atoms with Gasteiger partial charge in [-0.3, -0.25) is 9.80 Å². The van der Waals surface area contributed by atoms with Gasteiger partial charge in [0.2, 0.25) is 0 Å². The van der Waals surface area contributed by atoms with Crippen molar-refractivity contribution in [1.29, 1.82) is 0 Å². The van der Waals surface area contributed by atoms with Crippen molar-refractivity contribution >= 4 is 11.8 Å². The third-order valence-corrected chi connectivity index (χ3v) is 6.62. The molecule has 3 aliphatic rings. The first kappa shape index (κ1) is 17.0. The third kappa shape index (κ3) is 4.18. The summed E-state index contributed by atoms with van der Waals surface area (Å²) >= 11 is 2.10. The summed E-state index contributed by atoms with van der Waals surface area (Å²) in [6.45, 7) is 6.81. The highest BCUT2D eigenvalue weighted by molar-refractivity contribution is 7.99. The van der Waals surface area contributed by atoms with E-state index in [1.54, 1.807) is 0 Å². The Morgan fingerprint density at radius 3 is 2.58 bits per heavy atom. The fraction of sp³-hybridized carbons (Fsp3) is 0.789. The lowest BCUT2D eigenvalue weighted by Crippen LogP contribution is -2.47. The minimum atomic E-state index is 0.190. The van der Waals surface area contributed by atoms with E-state index in [0.29, 0.717) is 0 Å². The molecule has 5 heteroatoms. The van der Waals surface area contributed by atoms with Gasteiger partial charge in [-0.1, -0.05) is 0 Å². The van der Waals surface area contributed by atoms with E-state index < -0.39 is 0 Å². The summed E-state index contributed by atoms with van der Waals surface area (Å²) in [5, 5.41) is 0. The van der Waals surface area contributed by atoms with Crippen molar-refractivity contribution in [2.45, 2.75) is 50.8 Å². The molecule has 3 saturated heterocycles. The largest absolute Gasteiger partial charge is 0.462 e. The van der Waals surface area contributed by atoms with Gasteiger partial charge in [-0.15, -0.1) is 0 Å². The summed E-state index contributed by atoms with van der Waals surface area (Å²) < 4.78 is 11.9. The molecule has 0 bridgehead atoms. The van der Waals surface area contributed by atoms with Crippen LogP contribution in [0.1, 0.15) is 49.7 Å². The molecule has 0 unspecified atom stereocenters. The Kier molecular flexibility index (Phi) is 5.83. The van der Waals surface area contributed by atoms with E-state index in [2.05, 4.69) is 33.7 Å². The van der Waals surface area contributed by atoms with Gasteiger partial charge in [0.1, 0.15) is 17.6 Å². The van der Waals surface area contributed by atoms with Gasteiger partial charge in [-0.05, 0) is 44.2 Å². The molecule has 4 rings (SSSR count). The van der Waals surface area contributed by atoms with Crippen LogP contribution in [-0.2, 0) is 11.3 Å². The second-order valence-electron chi connectivity index (χ2n) is 7.31. The summed E-state index contributed by atoms with van der Waals surface area (Å²) in [5.74, 6) is 4.77. The predicted octanol–water partition coefficient (Wildman–Crippen LogP) is 3.53. The highest BCUT2D eigenvalue weighted by atomic mass is 32.2. The van der Waals surface area contributed by atoms with Crippen LogP contribution in [0.5, 0.6) is 0 Å². The van der Waals surface area contributed by atoms with Crippen molar-refractivity contribution < 1.29 is 9.15 Å². The van der Waals surface area contributed by atoms with Crippen molar-refractivity contribution in [3.8, 4) is 0 Å². The van der Waals surface area contributed by atoms with Crippen molar-refractivity contribution in [2.75, 3.05) is 44.3 Å². The Morgan fingerprint density at radius 2 is 1.83 bits per heavy atom. The van der Waals surface area contributed by atoms with E-state index in [-0.39, 0.29) is 6.10 Å². The molecule has 0 saturated carbocycles. The van der Waals surface area contributed by atoms with Crippen molar-refractivity contribution in [3.05, 3.63) is 23.7 Å². The number of hydrogen-bond acceptors (Lipinski definition) is 5. The van der Waals surface area contributed by atoms with Gasteiger partial charge in [0.15, 0.2) is 0 Å². The number of rotatable bonds is 4. The van der Waals surface area contributed by atoms with Gasteiger partial charge < -0.3 is 9.15 Å². The van der Waals surface area contributed by atoms with Crippen molar-refractivity contribution in [2.24, 2.45) is 0 Å². The quantitative estimate of drug-likeness (QED) is 0.828. The molecule has 1 aromatic heterocycles. The van der Waals surface area contributed by atoms with Crippen LogP contribution in [0.15, 0.2) is 16.5 Å². The molecule has 134 valence electrons. The smallest absolute Gasteiger partial charge is 0.133 e. The van der Waals surface area contributed by atoms with E-state index in [1.165, 1.54) is 63.4 Å². The number of likely N-dealkylation sites (tertiary alicyclic amines) is 1. The SMILES string of the molecule is c1cc([C@H]2CCCCO2)oc1CN1CCC(N2CCSCC2)CC1. The van der Waals surface area contributed by atoms with Gasteiger partial charge in [0.05, 0.1) is 6.54 Å². The number of furan rings is 1. The molecular weight excluding hydrogens is 320 g/mol. The Balaban J connectivity index is 1.25. The fourth-order valence-electron chi connectivity index (χ4n) is 4.22. The molecular formula is C19H30N2O2S. The lowest BCUT2D eigenvalue weighted by atomic mass is 10.0. The number of ether oxygens (including phenoxy) is 1. The van der Waals surface area contributed by atoms with Crippen LogP contribution >= 0.6 is 11.8 Å². The minimum absolute atomic E-state index is 0.190. The third-order valence-electron chi connectivity index (χ3n) is 5.68. The number of thioether (sulfide) groups is 1. The van der Waals surface area contributed by atoms with Gasteiger partial charge in [0, 0.05) is 50.3 Å². The summed E-state index contributed by atoms with van der Waals surface area (Å²) in [6, 6.07) is 5.09. The normalized spacial score (nSPS) is 28.2. The first-order valence-electron chi connectivity index (χ1n) is 9.63. The standard InChI is InChI=1S/C19H30N2O2S/c1-2-12-22-18(3-1)19-5-4-17(23-19)15-20-8-6-16(7-9-20)21-10-13-24-14-11-21/h4-5,16,18H,1-3,6-15H2/t18-/m1/s1. The maximum absolute atomic E-state index is 6.09. The van der Waals surface area contributed by atoms with E-state index in [0.717, 1.165) is 37.1 Å². The second-order valence-corrected chi connectivity index (χ2v) is 8.54. The Hall–Kier alpha value is -0.490. The monoisotopic (exact) mass is 350 g/mol. The summed E-state index contributed by atoms with van der Waals surface area (Å²) in [6.07, 6.45) is 6.36. The number of piperidine rings is 1. The average Bonchev–Trinajstić information content (AvgIpc) is 3.12. The zero-order valence-corrected chi connectivity index (χ0v) is 15.4.